The summed E-state index contributed by atoms with van der Waals surface area (Å²) in [5.74, 6) is 0.153. The second kappa shape index (κ2) is 4.41. The maximum Gasteiger partial charge on any atom is 0.225 e. The van der Waals surface area contributed by atoms with Gasteiger partial charge in [-0.05, 0) is 18.6 Å². The molecule has 0 N–H and O–H groups in total. The zero-order valence-corrected chi connectivity index (χ0v) is 11.3. The van der Waals surface area contributed by atoms with Crippen LogP contribution in [0.15, 0.2) is 18.2 Å². The van der Waals surface area contributed by atoms with Gasteiger partial charge in [0.2, 0.25) is 5.91 Å². The van der Waals surface area contributed by atoms with Gasteiger partial charge in [-0.2, -0.15) is 0 Å². The van der Waals surface area contributed by atoms with Crippen LogP contribution in [0, 0.1) is 0 Å². The first-order valence-electron chi connectivity index (χ1n) is 6.03. The topological polar surface area (TPSA) is 29.5 Å². The van der Waals surface area contributed by atoms with Gasteiger partial charge < -0.3 is 9.64 Å². The molecular formula is C13H13Cl2NO2. The molecule has 2 aliphatic heterocycles. The van der Waals surface area contributed by atoms with Crippen LogP contribution in [0.25, 0.3) is 0 Å². The fourth-order valence-corrected chi connectivity index (χ4v) is 3.09. The molecule has 0 unspecified atom stereocenters. The Morgan fingerprint density at radius 3 is 2.89 bits per heavy atom. The predicted molar refractivity (Wildman–Crippen MR) is 69.7 cm³/mol. The highest BCUT2D eigenvalue weighted by atomic mass is 35.5. The Balaban J connectivity index is 2.06. The lowest BCUT2D eigenvalue weighted by molar-refractivity contribution is -0.183. The number of halogens is 2. The van der Waals surface area contributed by atoms with Gasteiger partial charge in [0.1, 0.15) is 0 Å². The van der Waals surface area contributed by atoms with E-state index in [0.717, 1.165) is 18.5 Å². The number of ether oxygens (including phenoxy) is 1. The summed E-state index contributed by atoms with van der Waals surface area (Å²) < 4.78 is 5.94. The van der Waals surface area contributed by atoms with E-state index < -0.39 is 5.72 Å². The molecule has 18 heavy (non-hydrogen) atoms. The highest BCUT2D eigenvalue weighted by Gasteiger charge is 2.49. The second-order valence-corrected chi connectivity index (χ2v) is 5.48. The van der Waals surface area contributed by atoms with Crippen molar-refractivity contribution in [3.8, 4) is 0 Å². The number of amides is 1. The summed E-state index contributed by atoms with van der Waals surface area (Å²) in [4.78, 5) is 13.8. The SMILES string of the molecule is O=C1CC[C@]2(c3ccc(Cl)c(Cl)c3)OCCCN12. The van der Waals surface area contributed by atoms with Crippen molar-refractivity contribution in [2.24, 2.45) is 0 Å². The van der Waals surface area contributed by atoms with Crippen molar-refractivity contribution in [1.29, 1.82) is 0 Å². The molecule has 0 saturated carbocycles. The molecule has 0 spiro atoms. The van der Waals surface area contributed by atoms with Crippen molar-refractivity contribution >= 4 is 29.1 Å². The molecule has 0 aliphatic carbocycles. The second-order valence-electron chi connectivity index (χ2n) is 4.66. The van der Waals surface area contributed by atoms with E-state index in [-0.39, 0.29) is 5.91 Å². The number of hydrogen-bond donors (Lipinski definition) is 0. The van der Waals surface area contributed by atoms with Crippen LogP contribution in [0.1, 0.15) is 24.8 Å². The van der Waals surface area contributed by atoms with Crippen LogP contribution < -0.4 is 0 Å². The fourth-order valence-electron chi connectivity index (χ4n) is 2.79. The smallest absolute Gasteiger partial charge is 0.225 e. The third kappa shape index (κ3) is 1.73. The summed E-state index contributed by atoms with van der Waals surface area (Å²) >= 11 is 12.0. The van der Waals surface area contributed by atoms with Gasteiger partial charge >= 0.3 is 0 Å². The molecule has 1 aromatic carbocycles. The van der Waals surface area contributed by atoms with E-state index in [9.17, 15) is 4.79 Å². The van der Waals surface area contributed by atoms with Crippen LogP contribution in [-0.4, -0.2) is 24.0 Å². The fraction of sp³-hybridized carbons (Fsp3) is 0.462. The van der Waals surface area contributed by atoms with Gasteiger partial charge in [0, 0.05) is 24.9 Å². The van der Waals surface area contributed by atoms with E-state index in [1.807, 2.05) is 11.0 Å². The largest absolute Gasteiger partial charge is 0.351 e. The quantitative estimate of drug-likeness (QED) is 0.793. The summed E-state index contributed by atoms with van der Waals surface area (Å²) in [6.45, 7) is 1.42. The first kappa shape index (κ1) is 12.3. The van der Waals surface area contributed by atoms with Gasteiger partial charge in [-0.3, -0.25) is 4.79 Å². The summed E-state index contributed by atoms with van der Waals surface area (Å²) in [5, 5.41) is 1.01. The average Bonchev–Trinajstić information content (AvgIpc) is 2.72. The Morgan fingerprint density at radius 2 is 2.11 bits per heavy atom. The van der Waals surface area contributed by atoms with Crippen molar-refractivity contribution in [1.82, 2.24) is 4.90 Å². The molecule has 2 aliphatic rings. The first-order chi connectivity index (χ1) is 8.63. The molecule has 0 radical (unpaired) electrons. The van der Waals surface area contributed by atoms with Crippen LogP contribution >= 0.6 is 23.2 Å². The molecule has 3 nitrogen and oxygen atoms in total. The van der Waals surface area contributed by atoms with Crippen molar-refractivity contribution < 1.29 is 9.53 Å². The number of benzene rings is 1. The van der Waals surface area contributed by atoms with Gasteiger partial charge in [0.25, 0.3) is 0 Å². The van der Waals surface area contributed by atoms with E-state index in [1.54, 1.807) is 12.1 Å². The van der Waals surface area contributed by atoms with E-state index in [1.165, 1.54) is 0 Å². The van der Waals surface area contributed by atoms with Crippen LogP contribution in [-0.2, 0) is 15.3 Å². The van der Waals surface area contributed by atoms with Crippen molar-refractivity contribution in [3.05, 3.63) is 33.8 Å². The molecule has 0 aromatic heterocycles. The van der Waals surface area contributed by atoms with Crippen LogP contribution in [0.3, 0.4) is 0 Å². The summed E-state index contributed by atoms with van der Waals surface area (Å²) in [6.07, 6.45) is 2.10. The number of fused-ring (bicyclic) bond motifs is 1. The highest BCUT2D eigenvalue weighted by Crippen LogP contribution is 2.44. The van der Waals surface area contributed by atoms with Gasteiger partial charge in [-0.25, -0.2) is 0 Å². The maximum absolute atomic E-state index is 11.9. The van der Waals surface area contributed by atoms with Crippen LogP contribution in [0.5, 0.6) is 0 Å². The van der Waals surface area contributed by atoms with E-state index in [2.05, 4.69) is 0 Å². The summed E-state index contributed by atoms with van der Waals surface area (Å²) in [5.41, 5.74) is 0.297. The third-order valence-corrected chi connectivity index (χ3v) is 4.39. The number of rotatable bonds is 1. The zero-order chi connectivity index (χ0) is 12.8. The Morgan fingerprint density at radius 1 is 1.28 bits per heavy atom. The minimum Gasteiger partial charge on any atom is -0.351 e. The van der Waals surface area contributed by atoms with Crippen molar-refractivity contribution in [2.75, 3.05) is 13.2 Å². The molecule has 2 fully saturated rings. The molecule has 1 aromatic rings. The zero-order valence-electron chi connectivity index (χ0n) is 9.79. The minimum absolute atomic E-state index is 0.153. The molecule has 1 amide bonds. The van der Waals surface area contributed by atoms with Gasteiger partial charge in [-0.1, -0.05) is 29.3 Å². The molecular weight excluding hydrogens is 273 g/mol. The number of carbonyl (C=O) groups excluding carboxylic acids is 1. The maximum atomic E-state index is 11.9. The normalized spacial score (nSPS) is 27.4. The lowest BCUT2D eigenvalue weighted by Gasteiger charge is -2.42. The predicted octanol–water partition coefficient (Wildman–Crippen LogP) is 3.19. The van der Waals surface area contributed by atoms with Crippen molar-refractivity contribution in [2.45, 2.75) is 25.0 Å². The molecule has 1 atom stereocenters. The number of carbonyl (C=O) groups is 1. The van der Waals surface area contributed by atoms with E-state index in [0.29, 0.717) is 29.5 Å². The van der Waals surface area contributed by atoms with Crippen molar-refractivity contribution in [3.63, 3.8) is 0 Å². The van der Waals surface area contributed by atoms with E-state index in [4.69, 9.17) is 27.9 Å². The molecule has 2 heterocycles. The lowest BCUT2D eigenvalue weighted by Crippen LogP contribution is -2.49. The molecule has 3 rings (SSSR count). The Bertz CT molecular complexity index is 506. The Hall–Kier alpha value is -0.770. The Kier molecular flexibility index (Phi) is 3.00. The first-order valence-corrected chi connectivity index (χ1v) is 6.79. The lowest BCUT2D eigenvalue weighted by atomic mass is 9.98. The number of hydrogen-bond acceptors (Lipinski definition) is 2. The van der Waals surface area contributed by atoms with Gasteiger partial charge in [0.15, 0.2) is 5.72 Å². The third-order valence-electron chi connectivity index (χ3n) is 3.65. The number of nitrogens with zero attached hydrogens (tertiary/aromatic N) is 1. The molecule has 96 valence electrons. The Labute approximate surface area is 116 Å². The van der Waals surface area contributed by atoms with Gasteiger partial charge in [-0.15, -0.1) is 0 Å². The van der Waals surface area contributed by atoms with Crippen LogP contribution in [0.2, 0.25) is 10.0 Å². The monoisotopic (exact) mass is 285 g/mol. The van der Waals surface area contributed by atoms with Gasteiger partial charge in [0.05, 0.1) is 16.7 Å². The minimum atomic E-state index is -0.621. The standard InChI is InChI=1S/C13H13Cl2NO2/c14-10-3-2-9(8-11(10)15)13-5-4-12(17)16(13)6-1-7-18-13/h2-3,8H,1,4-7H2/t13-/m1/s1. The average molecular weight is 286 g/mol. The summed E-state index contributed by atoms with van der Waals surface area (Å²) in [6, 6.07) is 5.46. The summed E-state index contributed by atoms with van der Waals surface area (Å²) in [7, 11) is 0. The molecule has 0 bridgehead atoms. The van der Waals surface area contributed by atoms with E-state index >= 15 is 0 Å². The molecule has 5 heteroatoms. The highest BCUT2D eigenvalue weighted by molar-refractivity contribution is 6.42. The van der Waals surface area contributed by atoms with Crippen LogP contribution in [0.4, 0.5) is 0 Å². The molecule has 2 saturated heterocycles.